The Kier molecular flexibility index (Phi) is 6.14. The summed E-state index contributed by atoms with van der Waals surface area (Å²) in [5.41, 5.74) is 0. The number of rotatable bonds is 5. The van der Waals surface area contributed by atoms with Crippen LogP contribution >= 0.6 is 11.8 Å². The second-order valence-corrected chi connectivity index (χ2v) is 6.47. The highest BCUT2D eigenvalue weighted by atomic mass is 32.2. The van der Waals surface area contributed by atoms with E-state index in [1.807, 2.05) is 7.05 Å². The van der Waals surface area contributed by atoms with Crippen LogP contribution in [0, 0.1) is 0 Å². The zero-order chi connectivity index (χ0) is 12.6. The molecule has 1 atom stereocenters. The molecule has 2 rings (SSSR count). The van der Waals surface area contributed by atoms with Gasteiger partial charge in [-0.15, -0.1) is 0 Å². The summed E-state index contributed by atoms with van der Waals surface area (Å²) in [5, 5.41) is 7.62. The van der Waals surface area contributed by atoms with Crippen molar-refractivity contribution in [2.75, 3.05) is 45.5 Å². The summed E-state index contributed by atoms with van der Waals surface area (Å²) in [6, 6.07) is 0. The van der Waals surface area contributed by atoms with Crippen LogP contribution in [-0.2, 0) is 0 Å². The minimum Gasteiger partial charge on any atom is -0.355 e. The molecule has 104 valence electrons. The predicted molar refractivity (Wildman–Crippen MR) is 80.5 cm³/mol. The van der Waals surface area contributed by atoms with Crippen molar-refractivity contribution in [3.8, 4) is 0 Å². The van der Waals surface area contributed by atoms with Crippen LogP contribution < -0.4 is 10.6 Å². The third kappa shape index (κ3) is 4.69. The first-order valence-electron chi connectivity index (χ1n) is 7.17. The molecule has 0 aromatic rings. The van der Waals surface area contributed by atoms with Gasteiger partial charge in [0.2, 0.25) is 0 Å². The van der Waals surface area contributed by atoms with Gasteiger partial charge in [0.25, 0.3) is 0 Å². The molecule has 2 N–H and O–H groups in total. The maximum atomic E-state index is 4.28. The van der Waals surface area contributed by atoms with Gasteiger partial charge in [-0.05, 0) is 44.5 Å². The molecule has 0 bridgehead atoms. The van der Waals surface area contributed by atoms with Crippen molar-refractivity contribution in [1.29, 1.82) is 0 Å². The molecule has 2 aliphatic rings. The first-order valence-corrected chi connectivity index (χ1v) is 8.22. The van der Waals surface area contributed by atoms with E-state index in [1.54, 1.807) is 0 Å². The Hall–Kier alpha value is -0.420. The van der Waals surface area contributed by atoms with Crippen molar-refractivity contribution in [3.05, 3.63) is 0 Å². The lowest BCUT2D eigenvalue weighted by Crippen LogP contribution is -2.43. The van der Waals surface area contributed by atoms with E-state index < -0.39 is 0 Å². The molecule has 0 aromatic carbocycles. The van der Waals surface area contributed by atoms with Crippen molar-refractivity contribution in [3.63, 3.8) is 0 Å². The van der Waals surface area contributed by atoms with Gasteiger partial charge in [-0.3, -0.25) is 4.99 Å². The smallest absolute Gasteiger partial charge is 0.191 e. The van der Waals surface area contributed by atoms with Gasteiger partial charge in [0, 0.05) is 31.9 Å². The summed E-state index contributed by atoms with van der Waals surface area (Å²) in [6.45, 7) is 5.73. The van der Waals surface area contributed by atoms with E-state index in [0.29, 0.717) is 0 Å². The van der Waals surface area contributed by atoms with Crippen molar-refractivity contribution < 1.29 is 0 Å². The molecule has 0 aromatic heterocycles. The van der Waals surface area contributed by atoms with Gasteiger partial charge in [-0.1, -0.05) is 0 Å². The Morgan fingerprint density at radius 3 is 2.78 bits per heavy atom. The Morgan fingerprint density at radius 1 is 1.28 bits per heavy atom. The highest BCUT2D eigenvalue weighted by Gasteiger charge is 2.15. The van der Waals surface area contributed by atoms with E-state index in [0.717, 1.165) is 30.8 Å². The lowest BCUT2D eigenvalue weighted by atomic mass is 10.2. The quantitative estimate of drug-likeness (QED) is 0.581. The van der Waals surface area contributed by atoms with Crippen LogP contribution in [0.1, 0.15) is 25.7 Å². The highest BCUT2D eigenvalue weighted by Crippen LogP contribution is 2.25. The molecule has 0 amide bonds. The van der Waals surface area contributed by atoms with Gasteiger partial charge in [0.1, 0.15) is 0 Å². The summed E-state index contributed by atoms with van der Waals surface area (Å²) in [7, 11) is 1.85. The molecule has 0 spiro atoms. The molecule has 18 heavy (non-hydrogen) atoms. The average Bonchev–Trinajstić information content (AvgIpc) is 3.06. The first-order chi connectivity index (χ1) is 8.88. The lowest BCUT2D eigenvalue weighted by molar-refractivity contribution is 0.343. The molecule has 0 saturated carbocycles. The zero-order valence-corrected chi connectivity index (χ0v) is 12.3. The number of thioether (sulfide) groups is 1. The van der Waals surface area contributed by atoms with Crippen molar-refractivity contribution >= 4 is 17.7 Å². The van der Waals surface area contributed by atoms with Crippen molar-refractivity contribution in [1.82, 2.24) is 15.5 Å². The topological polar surface area (TPSA) is 39.7 Å². The van der Waals surface area contributed by atoms with Gasteiger partial charge in [-0.2, -0.15) is 11.8 Å². The maximum absolute atomic E-state index is 4.28. The molecule has 2 saturated heterocycles. The third-order valence-corrected chi connectivity index (χ3v) is 5.06. The number of hydrogen-bond acceptors (Lipinski definition) is 3. The fraction of sp³-hybridized carbons (Fsp3) is 0.923. The van der Waals surface area contributed by atoms with Crippen LogP contribution in [0.5, 0.6) is 0 Å². The highest BCUT2D eigenvalue weighted by molar-refractivity contribution is 8.00. The van der Waals surface area contributed by atoms with E-state index in [2.05, 4.69) is 32.3 Å². The normalized spacial score (nSPS) is 25.6. The van der Waals surface area contributed by atoms with E-state index in [-0.39, 0.29) is 0 Å². The number of likely N-dealkylation sites (tertiary alicyclic amines) is 1. The average molecular weight is 270 g/mol. The van der Waals surface area contributed by atoms with Crippen LogP contribution in [0.15, 0.2) is 4.99 Å². The summed E-state index contributed by atoms with van der Waals surface area (Å²) >= 11 is 2.09. The maximum Gasteiger partial charge on any atom is 0.191 e. The molecule has 2 fully saturated rings. The van der Waals surface area contributed by atoms with E-state index in [1.165, 1.54) is 44.5 Å². The third-order valence-electron chi connectivity index (χ3n) is 3.66. The van der Waals surface area contributed by atoms with Gasteiger partial charge in [0.05, 0.1) is 0 Å². The molecule has 2 heterocycles. The molecule has 2 aliphatic heterocycles. The number of nitrogens with zero attached hydrogens (tertiary/aromatic N) is 2. The monoisotopic (exact) mass is 270 g/mol. The molecule has 5 heteroatoms. The summed E-state index contributed by atoms with van der Waals surface area (Å²) in [4.78, 5) is 6.80. The van der Waals surface area contributed by atoms with E-state index >= 15 is 0 Å². The van der Waals surface area contributed by atoms with Crippen molar-refractivity contribution in [2.45, 2.75) is 30.9 Å². The summed E-state index contributed by atoms with van der Waals surface area (Å²) < 4.78 is 0. The Labute approximate surface area is 115 Å². The minimum atomic E-state index is 0.780. The van der Waals surface area contributed by atoms with Crippen molar-refractivity contribution in [2.24, 2.45) is 4.99 Å². The number of nitrogens with one attached hydrogen (secondary N) is 2. The van der Waals surface area contributed by atoms with Gasteiger partial charge >= 0.3 is 0 Å². The van der Waals surface area contributed by atoms with Gasteiger partial charge in [0.15, 0.2) is 5.96 Å². The molecule has 1 unspecified atom stereocenters. The van der Waals surface area contributed by atoms with Crippen LogP contribution in [0.2, 0.25) is 0 Å². The van der Waals surface area contributed by atoms with Crippen LogP contribution in [0.25, 0.3) is 0 Å². The standard InChI is InChI=1S/C13H26N4S/c1-14-13(16-11-12-5-4-10-18-12)15-6-9-17-7-2-3-8-17/h12H,2-11H2,1H3,(H2,14,15,16). The van der Waals surface area contributed by atoms with Crippen LogP contribution in [0.3, 0.4) is 0 Å². The minimum absolute atomic E-state index is 0.780. The van der Waals surface area contributed by atoms with E-state index in [9.17, 15) is 0 Å². The molecule has 0 radical (unpaired) electrons. The predicted octanol–water partition coefficient (Wildman–Crippen LogP) is 1.14. The fourth-order valence-corrected chi connectivity index (χ4v) is 3.78. The second kappa shape index (κ2) is 7.89. The molecule has 0 aliphatic carbocycles. The molecular weight excluding hydrogens is 244 g/mol. The van der Waals surface area contributed by atoms with Gasteiger partial charge < -0.3 is 15.5 Å². The Morgan fingerprint density at radius 2 is 2.11 bits per heavy atom. The number of guanidine groups is 1. The van der Waals surface area contributed by atoms with Crippen LogP contribution in [0.4, 0.5) is 0 Å². The lowest BCUT2D eigenvalue weighted by Gasteiger charge is -2.18. The summed E-state index contributed by atoms with van der Waals surface area (Å²) in [6.07, 6.45) is 5.46. The SMILES string of the molecule is CN=C(NCCN1CCCC1)NCC1CCCS1. The second-order valence-electron chi connectivity index (χ2n) is 5.06. The summed E-state index contributed by atoms with van der Waals surface area (Å²) in [5.74, 6) is 2.29. The first kappa shape index (κ1) is 14.0. The number of hydrogen-bond donors (Lipinski definition) is 2. The number of aliphatic imine (C=N–C) groups is 1. The van der Waals surface area contributed by atoms with Crippen LogP contribution in [-0.4, -0.2) is 61.6 Å². The largest absolute Gasteiger partial charge is 0.355 e. The van der Waals surface area contributed by atoms with E-state index in [4.69, 9.17) is 0 Å². The fourth-order valence-electron chi connectivity index (χ4n) is 2.58. The molecular formula is C13H26N4S. The molecule has 4 nitrogen and oxygen atoms in total. The Bertz CT molecular complexity index is 258. The Balaban J connectivity index is 1.56. The van der Waals surface area contributed by atoms with Gasteiger partial charge in [-0.25, -0.2) is 0 Å². The zero-order valence-electron chi connectivity index (χ0n) is 11.5.